The van der Waals surface area contributed by atoms with Gasteiger partial charge in [-0.3, -0.25) is 4.79 Å². The van der Waals surface area contributed by atoms with Crippen molar-refractivity contribution in [2.45, 2.75) is 57.9 Å². The summed E-state index contributed by atoms with van der Waals surface area (Å²) < 4.78 is 0. The maximum absolute atomic E-state index is 12.2. The molecule has 1 heterocycles. The van der Waals surface area contributed by atoms with E-state index in [1.54, 1.807) is 4.90 Å². The van der Waals surface area contributed by atoms with Crippen LogP contribution in [-0.4, -0.2) is 41.1 Å². The number of nitrogens with one attached hydrogen (secondary N) is 1. The molecule has 0 aromatic heterocycles. The summed E-state index contributed by atoms with van der Waals surface area (Å²) in [5, 5.41) is 12.1. The van der Waals surface area contributed by atoms with Gasteiger partial charge in [0.2, 0.25) is 0 Å². The Morgan fingerprint density at radius 2 is 1.75 bits per heavy atom. The number of carboxylic acids is 1. The lowest BCUT2D eigenvalue weighted by Gasteiger charge is -2.31. The summed E-state index contributed by atoms with van der Waals surface area (Å²) in [4.78, 5) is 24.9. The van der Waals surface area contributed by atoms with Gasteiger partial charge in [-0.1, -0.05) is 19.8 Å². The Kier molecular flexibility index (Phi) is 5.26. The Labute approximate surface area is 120 Å². The number of urea groups is 1. The van der Waals surface area contributed by atoms with Crippen molar-refractivity contribution < 1.29 is 14.7 Å². The number of carboxylic acid groups (broad SMARTS) is 1. The number of hydrogen-bond donors (Lipinski definition) is 2. The molecule has 1 saturated heterocycles. The van der Waals surface area contributed by atoms with Gasteiger partial charge in [0, 0.05) is 19.1 Å². The molecule has 1 saturated carbocycles. The van der Waals surface area contributed by atoms with E-state index in [0.29, 0.717) is 32.0 Å². The van der Waals surface area contributed by atoms with E-state index in [-0.39, 0.29) is 11.9 Å². The van der Waals surface area contributed by atoms with E-state index in [9.17, 15) is 9.59 Å². The van der Waals surface area contributed by atoms with Crippen molar-refractivity contribution in [1.82, 2.24) is 10.2 Å². The van der Waals surface area contributed by atoms with Gasteiger partial charge in [-0.2, -0.15) is 0 Å². The lowest BCUT2D eigenvalue weighted by molar-refractivity contribution is -0.143. The van der Waals surface area contributed by atoms with Crippen LogP contribution < -0.4 is 5.32 Å². The van der Waals surface area contributed by atoms with E-state index in [1.165, 1.54) is 19.3 Å². The molecule has 5 nitrogen and oxygen atoms in total. The zero-order valence-electron chi connectivity index (χ0n) is 12.3. The Balaban J connectivity index is 1.76. The number of carbonyl (C=O) groups excluding carboxylic acids is 1. The molecule has 2 aliphatic rings. The molecule has 0 aromatic rings. The van der Waals surface area contributed by atoms with E-state index >= 15 is 0 Å². The third-order valence-electron chi connectivity index (χ3n) is 4.72. The highest BCUT2D eigenvalue weighted by Crippen LogP contribution is 2.23. The average Bonchev–Trinajstić information content (AvgIpc) is 2.64. The maximum Gasteiger partial charge on any atom is 0.317 e. The first-order valence-electron chi connectivity index (χ1n) is 7.84. The summed E-state index contributed by atoms with van der Waals surface area (Å²) in [6, 6.07) is 0.290. The standard InChI is InChI=1S/C15H26N2O3/c1-11-3-2-4-13(6-5-11)16-15(20)17-9-7-12(8-10-17)14(18)19/h11-13H,2-10H2,1H3,(H,16,20)(H,18,19). The van der Waals surface area contributed by atoms with E-state index in [0.717, 1.165) is 18.8 Å². The molecule has 0 bridgehead atoms. The molecule has 2 atom stereocenters. The van der Waals surface area contributed by atoms with Crippen LogP contribution in [0.5, 0.6) is 0 Å². The minimum Gasteiger partial charge on any atom is -0.481 e. The Hall–Kier alpha value is -1.26. The number of likely N-dealkylation sites (tertiary alicyclic amines) is 1. The Morgan fingerprint density at radius 3 is 2.40 bits per heavy atom. The van der Waals surface area contributed by atoms with Crippen LogP contribution in [0.15, 0.2) is 0 Å². The zero-order valence-corrected chi connectivity index (χ0v) is 12.3. The van der Waals surface area contributed by atoms with Gasteiger partial charge in [0.1, 0.15) is 0 Å². The Bertz CT molecular complexity index is 351. The summed E-state index contributed by atoms with van der Waals surface area (Å²) in [7, 11) is 0. The number of hydrogen-bond acceptors (Lipinski definition) is 2. The van der Waals surface area contributed by atoms with Gasteiger partial charge in [-0.25, -0.2) is 4.79 Å². The van der Waals surface area contributed by atoms with Crippen LogP contribution in [0.2, 0.25) is 0 Å². The van der Waals surface area contributed by atoms with Gasteiger partial charge in [0.15, 0.2) is 0 Å². The van der Waals surface area contributed by atoms with Crippen molar-refractivity contribution in [3.8, 4) is 0 Å². The molecule has 5 heteroatoms. The highest BCUT2D eigenvalue weighted by molar-refractivity contribution is 5.75. The summed E-state index contributed by atoms with van der Waals surface area (Å²) in [6.07, 6.45) is 6.92. The first-order valence-corrected chi connectivity index (χ1v) is 7.84. The van der Waals surface area contributed by atoms with Gasteiger partial charge in [-0.05, 0) is 38.0 Å². The normalized spacial score (nSPS) is 28.8. The molecule has 1 aliphatic heterocycles. The number of amides is 2. The first kappa shape index (κ1) is 15.1. The highest BCUT2D eigenvalue weighted by Gasteiger charge is 2.28. The van der Waals surface area contributed by atoms with Crippen molar-refractivity contribution >= 4 is 12.0 Å². The molecule has 0 radical (unpaired) electrons. The second-order valence-electron chi connectivity index (χ2n) is 6.36. The summed E-state index contributed by atoms with van der Waals surface area (Å²) >= 11 is 0. The lowest BCUT2D eigenvalue weighted by atomic mass is 9.97. The summed E-state index contributed by atoms with van der Waals surface area (Å²) in [5.41, 5.74) is 0. The number of piperidine rings is 1. The predicted molar refractivity (Wildman–Crippen MR) is 76.5 cm³/mol. The maximum atomic E-state index is 12.2. The van der Waals surface area contributed by atoms with Crippen LogP contribution in [0.3, 0.4) is 0 Å². The fourth-order valence-electron chi connectivity index (χ4n) is 3.23. The van der Waals surface area contributed by atoms with Gasteiger partial charge in [0.25, 0.3) is 0 Å². The second kappa shape index (κ2) is 6.95. The van der Waals surface area contributed by atoms with Crippen LogP contribution in [0.25, 0.3) is 0 Å². The number of nitrogens with zero attached hydrogens (tertiary/aromatic N) is 1. The van der Waals surface area contributed by atoms with Crippen LogP contribution in [0.4, 0.5) is 4.79 Å². The van der Waals surface area contributed by atoms with Gasteiger partial charge in [-0.15, -0.1) is 0 Å². The topological polar surface area (TPSA) is 69.6 Å². The number of aliphatic carboxylic acids is 1. The molecule has 0 spiro atoms. The third-order valence-corrected chi connectivity index (χ3v) is 4.72. The lowest BCUT2D eigenvalue weighted by Crippen LogP contribution is -2.48. The van der Waals surface area contributed by atoms with Crippen molar-refractivity contribution in [2.24, 2.45) is 11.8 Å². The van der Waals surface area contributed by atoms with Crippen molar-refractivity contribution in [1.29, 1.82) is 0 Å². The molecule has 2 amide bonds. The van der Waals surface area contributed by atoms with Gasteiger partial charge in [0.05, 0.1) is 5.92 Å². The van der Waals surface area contributed by atoms with Crippen LogP contribution >= 0.6 is 0 Å². The largest absolute Gasteiger partial charge is 0.481 e. The molecule has 2 fully saturated rings. The van der Waals surface area contributed by atoms with E-state index in [1.807, 2.05) is 0 Å². The molecule has 20 heavy (non-hydrogen) atoms. The minimum atomic E-state index is -0.734. The van der Waals surface area contributed by atoms with E-state index in [2.05, 4.69) is 12.2 Å². The zero-order chi connectivity index (χ0) is 14.5. The predicted octanol–water partition coefficient (Wildman–Crippen LogP) is 2.46. The molecular formula is C15H26N2O3. The van der Waals surface area contributed by atoms with Crippen LogP contribution in [-0.2, 0) is 4.79 Å². The molecule has 114 valence electrons. The van der Waals surface area contributed by atoms with E-state index in [4.69, 9.17) is 5.11 Å². The minimum absolute atomic E-state index is 0.00612. The smallest absolute Gasteiger partial charge is 0.317 e. The second-order valence-corrected chi connectivity index (χ2v) is 6.36. The van der Waals surface area contributed by atoms with Crippen molar-refractivity contribution in [2.75, 3.05) is 13.1 Å². The van der Waals surface area contributed by atoms with Crippen LogP contribution in [0, 0.1) is 11.8 Å². The van der Waals surface area contributed by atoms with E-state index < -0.39 is 5.97 Å². The average molecular weight is 282 g/mol. The Morgan fingerprint density at radius 1 is 1.05 bits per heavy atom. The summed E-state index contributed by atoms with van der Waals surface area (Å²) in [6.45, 7) is 3.40. The first-order chi connectivity index (χ1) is 9.56. The number of rotatable bonds is 2. The quantitative estimate of drug-likeness (QED) is 0.764. The monoisotopic (exact) mass is 282 g/mol. The van der Waals surface area contributed by atoms with Gasteiger partial charge < -0.3 is 15.3 Å². The SMILES string of the molecule is CC1CCCC(NC(=O)N2CCC(C(=O)O)CC2)CC1. The highest BCUT2D eigenvalue weighted by atomic mass is 16.4. The van der Waals surface area contributed by atoms with Crippen LogP contribution in [0.1, 0.15) is 51.9 Å². The summed E-state index contributed by atoms with van der Waals surface area (Å²) in [5.74, 6) is -0.246. The molecule has 0 aromatic carbocycles. The van der Waals surface area contributed by atoms with Gasteiger partial charge >= 0.3 is 12.0 Å². The number of carbonyl (C=O) groups is 2. The van der Waals surface area contributed by atoms with Crippen molar-refractivity contribution in [3.63, 3.8) is 0 Å². The molecule has 1 aliphatic carbocycles. The molecule has 2 N–H and O–H groups in total. The molecular weight excluding hydrogens is 256 g/mol. The third kappa shape index (κ3) is 4.12. The fraction of sp³-hybridized carbons (Fsp3) is 0.867. The molecule has 2 unspecified atom stereocenters. The fourth-order valence-corrected chi connectivity index (χ4v) is 3.23. The molecule has 2 rings (SSSR count). The van der Waals surface area contributed by atoms with Crippen molar-refractivity contribution in [3.05, 3.63) is 0 Å².